The first-order valence-corrected chi connectivity index (χ1v) is 9.67. The lowest BCUT2D eigenvalue weighted by atomic mass is 10.0. The molecule has 2 aliphatic heterocycles. The van der Waals surface area contributed by atoms with Gasteiger partial charge < -0.3 is 19.9 Å². The van der Waals surface area contributed by atoms with Crippen LogP contribution in [0.5, 0.6) is 0 Å². The van der Waals surface area contributed by atoms with E-state index in [1.165, 1.54) is 4.57 Å². The van der Waals surface area contributed by atoms with E-state index < -0.39 is 23.5 Å². The number of fused-ring (bicyclic) bond motifs is 2. The molecule has 0 aliphatic carbocycles. The van der Waals surface area contributed by atoms with Crippen molar-refractivity contribution in [2.45, 2.75) is 28.8 Å². The summed E-state index contributed by atoms with van der Waals surface area (Å²) in [6, 6.07) is 8.76. The van der Waals surface area contributed by atoms with Gasteiger partial charge in [-0.25, -0.2) is 9.59 Å². The lowest BCUT2D eigenvalue weighted by Gasteiger charge is -2.31. The Balaban J connectivity index is 1.54. The van der Waals surface area contributed by atoms with E-state index in [-0.39, 0.29) is 22.5 Å². The van der Waals surface area contributed by atoms with Gasteiger partial charge in [0.25, 0.3) is 0 Å². The van der Waals surface area contributed by atoms with Gasteiger partial charge in [0.15, 0.2) is 6.23 Å². The predicted molar refractivity (Wildman–Crippen MR) is 105 cm³/mol. The van der Waals surface area contributed by atoms with Crippen LogP contribution in [-0.2, 0) is 14.2 Å². The van der Waals surface area contributed by atoms with Crippen molar-refractivity contribution in [3.05, 3.63) is 58.1 Å². The Hall–Kier alpha value is -1.98. The summed E-state index contributed by atoms with van der Waals surface area (Å²) in [5, 5.41) is 0. The molecule has 2 aromatic rings. The van der Waals surface area contributed by atoms with E-state index >= 15 is 0 Å². The average Bonchev–Trinajstić information content (AvgIpc) is 3.13. The zero-order valence-electron chi connectivity index (χ0n) is 14.5. The van der Waals surface area contributed by atoms with Crippen LogP contribution in [0.1, 0.15) is 22.1 Å². The summed E-state index contributed by atoms with van der Waals surface area (Å²) in [6.45, 7) is 2.10. The van der Waals surface area contributed by atoms with Crippen LogP contribution in [-0.4, -0.2) is 44.4 Å². The first-order chi connectivity index (χ1) is 12.9. The van der Waals surface area contributed by atoms with Gasteiger partial charge in [-0.15, -0.1) is 0 Å². The molecule has 9 heteroatoms. The number of aryl methyl sites for hydroxylation is 1. The fourth-order valence-corrected chi connectivity index (χ4v) is 4.38. The predicted octanol–water partition coefficient (Wildman–Crippen LogP) is 1.46. The Bertz CT molecular complexity index is 934. The smallest absolute Gasteiger partial charge is 0.351 e. The van der Waals surface area contributed by atoms with Crippen molar-refractivity contribution in [2.75, 3.05) is 18.9 Å². The molecule has 2 saturated heterocycles. The zero-order chi connectivity index (χ0) is 19.2. The van der Waals surface area contributed by atoms with Gasteiger partial charge in [0.05, 0.1) is 16.1 Å². The minimum Gasteiger partial charge on any atom is -0.459 e. The number of hydrogen-bond acceptors (Lipinski definition) is 7. The van der Waals surface area contributed by atoms with E-state index in [4.69, 9.17) is 19.9 Å². The molecule has 1 aromatic carbocycles. The van der Waals surface area contributed by atoms with Crippen molar-refractivity contribution in [3.8, 4) is 0 Å². The molecule has 142 valence electrons. The van der Waals surface area contributed by atoms with Crippen molar-refractivity contribution < 1.29 is 19.0 Å². The Morgan fingerprint density at radius 2 is 2.19 bits per heavy atom. The third-order valence-electron chi connectivity index (χ3n) is 4.85. The average molecular weight is 483 g/mol. The number of carbonyl (C=O) groups excluding carboxylic acids is 1. The second-order valence-electron chi connectivity index (χ2n) is 6.69. The quantitative estimate of drug-likeness (QED) is 0.399. The highest BCUT2D eigenvalue weighted by molar-refractivity contribution is 14.1. The molecular formula is C18H18IN3O5. The second kappa shape index (κ2) is 6.88. The van der Waals surface area contributed by atoms with Crippen LogP contribution in [0.15, 0.2) is 41.3 Å². The highest BCUT2D eigenvalue weighted by atomic mass is 127. The van der Waals surface area contributed by atoms with Gasteiger partial charge in [-0.2, -0.15) is 4.98 Å². The standard InChI is InChI=1S/C18H18IN3O5/c1-10-7-22(17(24)21-14(10)20)15-12-13(19)18(27-15,8-25-12)9-26-16(23)11-5-3-2-4-6-11/h2-7,12-13,15H,8-9H2,1H3,(H2,20,21,24)/t12-,13?,15+,18+/m0/s1. The fourth-order valence-electron chi connectivity index (χ4n) is 3.31. The Kier molecular flexibility index (Phi) is 4.68. The molecule has 1 unspecified atom stereocenters. The summed E-state index contributed by atoms with van der Waals surface area (Å²) in [4.78, 5) is 28.4. The van der Waals surface area contributed by atoms with E-state index in [1.807, 2.05) is 6.07 Å². The van der Waals surface area contributed by atoms with Crippen LogP contribution >= 0.6 is 22.6 Å². The highest BCUT2D eigenvalue weighted by Crippen LogP contribution is 2.48. The molecule has 4 atom stereocenters. The van der Waals surface area contributed by atoms with Crippen molar-refractivity contribution in [1.29, 1.82) is 0 Å². The Labute approximate surface area is 168 Å². The normalized spacial score (nSPS) is 29.0. The lowest BCUT2D eigenvalue weighted by molar-refractivity contribution is -0.184. The number of aromatic nitrogens is 2. The van der Waals surface area contributed by atoms with Crippen LogP contribution in [0.25, 0.3) is 0 Å². The van der Waals surface area contributed by atoms with Crippen LogP contribution in [0.2, 0.25) is 0 Å². The number of ether oxygens (including phenoxy) is 3. The molecule has 3 heterocycles. The number of nitrogens with zero attached hydrogens (tertiary/aromatic N) is 2. The van der Waals surface area contributed by atoms with Gasteiger partial charge in [-0.3, -0.25) is 4.57 Å². The largest absolute Gasteiger partial charge is 0.459 e. The Morgan fingerprint density at radius 1 is 1.44 bits per heavy atom. The monoisotopic (exact) mass is 483 g/mol. The molecule has 0 amide bonds. The van der Waals surface area contributed by atoms with Crippen molar-refractivity contribution in [2.24, 2.45) is 0 Å². The second-order valence-corrected chi connectivity index (χ2v) is 8.03. The molecule has 0 radical (unpaired) electrons. The number of nitrogens with two attached hydrogens (primary N) is 1. The van der Waals surface area contributed by atoms with Crippen molar-refractivity contribution >= 4 is 34.4 Å². The van der Waals surface area contributed by atoms with E-state index in [9.17, 15) is 9.59 Å². The number of rotatable bonds is 4. The van der Waals surface area contributed by atoms with Gasteiger partial charge in [0.2, 0.25) is 0 Å². The van der Waals surface area contributed by atoms with E-state index in [0.29, 0.717) is 17.7 Å². The van der Waals surface area contributed by atoms with Crippen LogP contribution < -0.4 is 11.4 Å². The maximum atomic E-state index is 12.3. The number of hydrogen-bond donors (Lipinski definition) is 1. The summed E-state index contributed by atoms with van der Waals surface area (Å²) in [6.07, 6.45) is 0.630. The van der Waals surface area contributed by atoms with Gasteiger partial charge in [0.1, 0.15) is 24.1 Å². The summed E-state index contributed by atoms with van der Waals surface area (Å²) < 4.78 is 18.8. The molecule has 8 nitrogen and oxygen atoms in total. The zero-order valence-corrected chi connectivity index (χ0v) is 16.7. The van der Waals surface area contributed by atoms with E-state index in [2.05, 4.69) is 27.6 Å². The van der Waals surface area contributed by atoms with Crippen molar-refractivity contribution in [3.63, 3.8) is 0 Å². The fraction of sp³-hybridized carbons (Fsp3) is 0.389. The van der Waals surface area contributed by atoms with Crippen LogP contribution in [0.3, 0.4) is 0 Å². The Morgan fingerprint density at radius 3 is 2.93 bits per heavy atom. The molecule has 1 aromatic heterocycles. The third kappa shape index (κ3) is 3.13. The number of carbonyl (C=O) groups is 1. The highest BCUT2D eigenvalue weighted by Gasteiger charge is 2.62. The molecule has 27 heavy (non-hydrogen) atoms. The molecule has 2 aliphatic rings. The molecule has 0 spiro atoms. The van der Waals surface area contributed by atoms with Gasteiger partial charge >= 0.3 is 11.7 Å². The number of nitrogen functional groups attached to an aromatic ring is 1. The summed E-state index contributed by atoms with van der Waals surface area (Å²) in [5.41, 5.74) is 5.53. The third-order valence-corrected chi connectivity index (χ3v) is 6.70. The SMILES string of the molecule is Cc1cn([C@@H]2O[C@@]3(COC(=O)c4ccccc4)CO[C@H]2C3I)c(=O)nc1N. The summed E-state index contributed by atoms with van der Waals surface area (Å²) >= 11 is 2.23. The molecule has 2 fully saturated rings. The maximum Gasteiger partial charge on any atom is 0.351 e. The van der Waals surface area contributed by atoms with E-state index in [1.54, 1.807) is 37.4 Å². The van der Waals surface area contributed by atoms with E-state index in [0.717, 1.165) is 0 Å². The van der Waals surface area contributed by atoms with Crippen LogP contribution in [0, 0.1) is 6.92 Å². The van der Waals surface area contributed by atoms with Gasteiger partial charge in [-0.05, 0) is 19.1 Å². The van der Waals surface area contributed by atoms with Gasteiger partial charge in [0, 0.05) is 11.8 Å². The van der Waals surface area contributed by atoms with Crippen LogP contribution in [0.4, 0.5) is 5.82 Å². The molecule has 4 rings (SSSR count). The number of esters is 1. The lowest BCUT2D eigenvalue weighted by Crippen LogP contribution is -2.44. The van der Waals surface area contributed by atoms with Gasteiger partial charge in [-0.1, -0.05) is 40.8 Å². The molecule has 2 N–H and O–H groups in total. The summed E-state index contributed by atoms with van der Waals surface area (Å²) in [7, 11) is 0. The number of halogens is 1. The first-order valence-electron chi connectivity index (χ1n) is 8.42. The topological polar surface area (TPSA) is 106 Å². The maximum absolute atomic E-state index is 12.3. The molecule has 0 saturated carbocycles. The van der Waals surface area contributed by atoms with Crippen molar-refractivity contribution in [1.82, 2.24) is 9.55 Å². The summed E-state index contributed by atoms with van der Waals surface area (Å²) in [5.74, 6) is -0.232. The minimum atomic E-state index is -0.810. The number of alkyl halides is 1. The number of benzene rings is 1. The minimum absolute atomic E-state index is 0.0392. The molecule has 2 bridgehead atoms. The number of anilines is 1. The molecular weight excluding hydrogens is 465 g/mol. The first kappa shape index (κ1) is 18.4.